The molecule has 0 amide bonds. The minimum absolute atomic E-state index is 0.148. The van der Waals surface area contributed by atoms with Gasteiger partial charge in [0.25, 0.3) is 0 Å². The Morgan fingerprint density at radius 1 is 0.917 bits per heavy atom. The van der Waals surface area contributed by atoms with Crippen LogP contribution in [0.15, 0.2) is 24.3 Å². The van der Waals surface area contributed by atoms with E-state index in [4.69, 9.17) is 0 Å². The minimum atomic E-state index is -4.07. The number of alkyl halides is 3. The Hall–Kier alpha value is -1.06. The molecule has 0 saturated heterocycles. The van der Waals surface area contributed by atoms with Crippen molar-refractivity contribution >= 4 is 0 Å². The topological polar surface area (TPSA) is 0 Å². The van der Waals surface area contributed by atoms with Crippen LogP contribution in [-0.2, 0) is 0 Å². The lowest BCUT2D eigenvalue weighted by atomic mass is 9.85. The second-order valence-electron chi connectivity index (χ2n) is 7.38. The maximum Gasteiger partial charge on any atom is 0.393 e. The van der Waals surface area contributed by atoms with E-state index >= 15 is 0 Å². The zero-order chi connectivity index (χ0) is 19.0. The van der Waals surface area contributed by atoms with Gasteiger partial charge in [0.05, 0.1) is 5.41 Å². The van der Waals surface area contributed by atoms with E-state index in [9.17, 15) is 17.6 Å². The van der Waals surface area contributed by atoms with Crippen LogP contribution in [-0.4, -0.2) is 6.18 Å². The maximum atomic E-state index is 12.6. The summed E-state index contributed by atoms with van der Waals surface area (Å²) < 4.78 is 49.4. The van der Waals surface area contributed by atoms with Gasteiger partial charge in [-0.3, -0.25) is 0 Å². The van der Waals surface area contributed by atoms with Crippen LogP contribution in [0.4, 0.5) is 17.6 Å². The summed E-state index contributed by atoms with van der Waals surface area (Å²) in [6.45, 7) is 10.7. The third kappa shape index (κ3) is 8.16. The van der Waals surface area contributed by atoms with Crippen molar-refractivity contribution in [2.75, 3.05) is 0 Å². The first-order valence-corrected chi connectivity index (χ1v) is 8.76. The van der Waals surface area contributed by atoms with Crippen LogP contribution in [0.3, 0.4) is 0 Å². The SMILES string of the molecule is CC(C)CCC(C)(C)C(F)(F)F.CCC(CC)c1ccc(F)cc1. The zero-order valence-corrected chi connectivity index (χ0v) is 15.8. The number of hydrogen-bond donors (Lipinski definition) is 0. The standard InChI is InChI=1S/C11H15F.C9H17F3/c1-3-9(4-2)10-5-7-11(12)8-6-10;1-7(2)5-6-8(3,4)9(10,11)12/h5-9H,3-4H2,1-2H3;7H,5-6H2,1-4H3. The predicted molar refractivity (Wildman–Crippen MR) is 93.6 cm³/mol. The van der Waals surface area contributed by atoms with Crippen molar-refractivity contribution in [1.82, 2.24) is 0 Å². The lowest BCUT2D eigenvalue weighted by Crippen LogP contribution is -2.32. The molecule has 0 saturated carbocycles. The summed E-state index contributed by atoms with van der Waals surface area (Å²) in [7, 11) is 0. The summed E-state index contributed by atoms with van der Waals surface area (Å²) in [6.07, 6.45) is -0.965. The van der Waals surface area contributed by atoms with Gasteiger partial charge in [-0.25, -0.2) is 4.39 Å². The summed E-state index contributed by atoms with van der Waals surface area (Å²) in [6, 6.07) is 6.83. The van der Waals surface area contributed by atoms with E-state index in [-0.39, 0.29) is 12.2 Å². The van der Waals surface area contributed by atoms with E-state index in [1.807, 2.05) is 26.0 Å². The monoisotopic (exact) mass is 348 g/mol. The average molecular weight is 348 g/mol. The molecule has 1 aromatic rings. The molecule has 1 aromatic carbocycles. The smallest absolute Gasteiger partial charge is 0.207 e. The Kier molecular flexibility index (Phi) is 9.61. The first kappa shape index (κ1) is 22.9. The molecule has 0 spiro atoms. The van der Waals surface area contributed by atoms with Gasteiger partial charge in [0.15, 0.2) is 0 Å². The molecule has 0 heterocycles. The summed E-state index contributed by atoms with van der Waals surface area (Å²) in [5.74, 6) is 0.780. The first-order valence-electron chi connectivity index (χ1n) is 8.76. The molecule has 0 N–H and O–H groups in total. The fraction of sp³-hybridized carbons (Fsp3) is 0.700. The van der Waals surface area contributed by atoms with Gasteiger partial charge in [-0.2, -0.15) is 13.2 Å². The van der Waals surface area contributed by atoms with Crippen molar-refractivity contribution in [1.29, 1.82) is 0 Å². The zero-order valence-electron chi connectivity index (χ0n) is 15.8. The van der Waals surface area contributed by atoms with E-state index in [0.717, 1.165) is 12.8 Å². The largest absolute Gasteiger partial charge is 0.393 e. The normalized spacial score (nSPS) is 12.3. The molecule has 0 aliphatic heterocycles. The second-order valence-corrected chi connectivity index (χ2v) is 7.38. The fourth-order valence-electron chi connectivity index (χ4n) is 2.29. The van der Waals surface area contributed by atoms with Crippen molar-refractivity contribution in [2.45, 2.75) is 79.3 Å². The molecule has 0 aliphatic carbocycles. The maximum absolute atomic E-state index is 12.6. The van der Waals surface area contributed by atoms with Crippen LogP contribution in [0.2, 0.25) is 0 Å². The molecule has 0 nitrogen and oxygen atoms in total. The predicted octanol–water partition coefficient (Wildman–Crippen LogP) is 7.74. The van der Waals surface area contributed by atoms with E-state index < -0.39 is 11.6 Å². The number of benzene rings is 1. The molecule has 0 atom stereocenters. The first-order chi connectivity index (χ1) is 10.9. The summed E-state index contributed by atoms with van der Waals surface area (Å²) in [5, 5.41) is 0. The molecule has 0 unspecified atom stereocenters. The van der Waals surface area contributed by atoms with E-state index in [1.54, 1.807) is 0 Å². The van der Waals surface area contributed by atoms with Crippen LogP contribution in [0.25, 0.3) is 0 Å². The summed E-state index contributed by atoms with van der Waals surface area (Å²) >= 11 is 0. The highest BCUT2D eigenvalue weighted by Crippen LogP contribution is 2.41. The molecule has 0 bridgehead atoms. The van der Waals surface area contributed by atoms with Crippen LogP contribution in [0.5, 0.6) is 0 Å². The Balaban J connectivity index is 0.000000441. The molecular formula is C20H32F4. The van der Waals surface area contributed by atoms with Crippen molar-refractivity contribution in [3.63, 3.8) is 0 Å². The van der Waals surface area contributed by atoms with E-state index in [2.05, 4.69) is 13.8 Å². The quantitative estimate of drug-likeness (QED) is 0.461. The molecule has 0 aromatic heterocycles. The van der Waals surface area contributed by atoms with Crippen LogP contribution in [0.1, 0.15) is 78.7 Å². The Morgan fingerprint density at radius 3 is 1.71 bits per heavy atom. The van der Waals surface area contributed by atoms with Crippen LogP contribution in [0, 0.1) is 17.2 Å². The third-order valence-electron chi connectivity index (χ3n) is 4.44. The van der Waals surface area contributed by atoms with E-state index in [1.165, 1.54) is 31.5 Å². The number of hydrogen-bond acceptors (Lipinski definition) is 0. The van der Waals surface area contributed by atoms with Gasteiger partial charge >= 0.3 is 6.18 Å². The molecule has 1 rings (SSSR count). The van der Waals surface area contributed by atoms with Crippen molar-refractivity contribution in [3.8, 4) is 0 Å². The third-order valence-corrected chi connectivity index (χ3v) is 4.44. The lowest BCUT2D eigenvalue weighted by Gasteiger charge is -2.28. The Morgan fingerprint density at radius 2 is 1.38 bits per heavy atom. The number of rotatable bonds is 6. The van der Waals surface area contributed by atoms with Gasteiger partial charge in [0.2, 0.25) is 0 Å². The van der Waals surface area contributed by atoms with Gasteiger partial charge in [-0.05, 0) is 48.8 Å². The van der Waals surface area contributed by atoms with Gasteiger partial charge in [0, 0.05) is 0 Å². The highest BCUT2D eigenvalue weighted by Gasteiger charge is 2.46. The minimum Gasteiger partial charge on any atom is -0.207 e. The Bertz CT molecular complexity index is 440. The van der Waals surface area contributed by atoms with Gasteiger partial charge < -0.3 is 0 Å². The fourth-order valence-corrected chi connectivity index (χ4v) is 2.29. The van der Waals surface area contributed by atoms with Crippen molar-refractivity contribution in [3.05, 3.63) is 35.6 Å². The van der Waals surface area contributed by atoms with Crippen LogP contribution < -0.4 is 0 Å². The molecule has 4 heteroatoms. The molecular weight excluding hydrogens is 316 g/mol. The van der Waals surface area contributed by atoms with Crippen molar-refractivity contribution < 1.29 is 17.6 Å². The molecule has 24 heavy (non-hydrogen) atoms. The van der Waals surface area contributed by atoms with Gasteiger partial charge in [-0.15, -0.1) is 0 Å². The molecule has 140 valence electrons. The summed E-state index contributed by atoms with van der Waals surface area (Å²) in [4.78, 5) is 0. The van der Waals surface area contributed by atoms with Crippen LogP contribution >= 0.6 is 0 Å². The molecule has 0 radical (unpaired) electrons. The molecule has 0 aliphatic rings. The average Bonchev–Trinajstić information content (AvgIpc) is 2.48. The summed E-state index contributed by atoms with van der Waals surface area (Å²) in [5.41, 5.74) is -0.279. The van der Waals surface area contributed by atoms with E-state index in [0.29, 0.717) is 18.3 Å². The Labute approximate surface area is 144 Å². The van der Waals surface area contributed by atoms with Crippen molar-refractivity contribution in [2.24, 2.45) is 11.3 Å². The van der Waals surface area contributed by atoms with Gasteiger partial charge in [0.1, 0.15) is 5.82 Å². The van der Waals surface area contributed by atoms with Gasteiger partial charge in [-0.1, -0.05) is 60.1 Å². The lowest BCUT2D eigenvalue weighted by molar-refractivity contribution is -0.214. The highest BCUT2D eigenvalue weighted by atomic mass is 19.4. The number of halogens is 4. The second kappa shape index (κ2) is 10.0. The molecule has 0 fully saturated rings. The highest BCUT2D eigenvalue weighted by molar-refractivity contribution is 5.20.